The number of nitrogens with zero attached hydrogens (tertiary/aromatic N) is 7. The summed E-state index contributed by atoms with van der Waals surface area (Å²) in [4.78, 5) is 14.3. The zero-order valence-corrected chi connectivity index (χ0v) is 19.3. The number of hydrogen-bond acceptors (Lipinski definition) is 7. The van der Waals surface area contributed by atoms with Crippen molar-refractivity contribution in [3.05, 3.63) is 76.5 Å². The quantitative estimate of drug-likeness (QED) is 0.359. The first-order valence-corrected chi connectivity index (χ1v) is 11.5. The van der Waals surface area contributed by atoms with Crippen LogP contribution in [0.4, 0.5) is 11.8 Å². The lowest BCUT2D eigenvalue weighted by Gasteiger charge is -2.05. The van der Waals surface area contributed by atoms with Gasteiger partial charge in [0.15, 0.2) is 5.65 Å². The minimum Gasteiger partial charge on any atom is -0.307 e. The van der Waals surface area contributed by atoms with Crippen molar-refractivity contribution in [1.29, 1.82) is 0 Å². The number of anilines is 2. The van der Waals surface area contributed by atoms with Crippen molar-refractivity contribution >= 4 is 50.7 Å². The lowest BCUT2D eigenvalue weighted by Crippen LogP contribution is -2.00. The summed E-state index contributed by atoms with van der Waals surface area (Å²) in [5.74, 6) is 1.04. The normalized spacial score (nSPS) is 11.5. The molecule has 0 aliphatic rings. The Labute approximate surface area is 197 Å². The number of benzene rings is 2. The van der Waals surface area contributed by atoms with E-state index in [0.717, 1.165) is 27.3 Å². The zero-order chi connectivity index (χ0) is 22.5. The van der Waals surface area contributed by atoms with Gasteiger partial charge in [-0.05, 0) is 37.6 Å². The van der Waals surface area contributed by atoms with Crippen LogP contribution in [0, 0.1) is 13.8 Å². The van der Waals surface area contributed by atoms with Crippen molar-refractivity contribution in [2.45, 2.75) is 13.8 Å². The van der Waals surface area contributed by atoms with E-state index in [4.69, 9.17) is 16.7 Å². The molecule has 0 saturated carbocycles. The molecule has 8 nitrogen and oxygen atoms in total. The molecule has 162 valence electrons. The number of fused-ring (bicyclic) bond motifs is 2. The van der Waals surface area contributed by atoms with Gasteiger partial charge in [-0.1, -0.05) is 41.4 Å². The Bertz CT molecular complexity index is 1650. The Balaban J connectivity index is 1.38. The minimum absolute atomic E-state index is 0.461. The predicted octanol–water partition coefficient (Wildman–Crippen LogP) is 5.60. The highest BCUT2D eigenvalue weighted by Gasteiger charge is 2.16. The molecule has 0 atom stereocenters. The maximum Gasteiger partial charge on any atom is 0.249 e. The molecule has 0 aliphatic heterocycles. The Morgan fingerprint density at radius 3 is 2.82 bits per heavy atom. The molecule has 10 heteroatoms. The van der Waals surface area contributed by atoms with E-state index < -0.39 is 0 Å². The van der Waals surface area contributed by atoms with Crippen LogP contribution in [-0.2, 0) is 0 Å². The summed E-state index contributed by atoms with van der Waals surface area (Å²) in [6, 6.07) is 13.9. The van der Waals surface area contributed by atoms with E-state index in [0.29, 0.717) is 22.4 Å². The molecule has 0 bridgehead atoms. The van der Waals surface area contributed by atoms with Gasteiger partial charge in [0, 0.05) is 16.0 Å². The van der Waals surface area contributed by atoms with Gasteiger partial charge in [0.05, 0.1) is 23.0 Å². The first-order chi connectivity index (χ1) is 16.1. The van der Waals surface area contributed by atoms with E-state index in [1.807, 2.05) is 28.8 Å². The summed E-state index contributed by atoms with van der Waals surface area (Å²) >= 11 is 7.70. The third kappa shape index (κ3) is 3.42. The SMILES string of the molecule is Cc1ccc(-c2csc3nc(Nc4ncnc5c4cnn5-c4cccc(Cl)c4)nn23)c(C)c1. The van der Waals surface area contributed by atoms with Crippen LogP contribution < -0.4 is 5.32 Å². The maximum absolute atomic E-state index is 6.15. The Morgan fingerprint density at radius 1 is 1.06 bits per heavy atom. The number of hydrogen-bond donors (Lipinski definition) is 1. The standard InChI is InChI=1S/C23H17ClN8S/c1-13-6-7-17(14(2)8-13)19-11-33-23-29-22(30-32(19)23)28-20-18-10-27-31(21(18)26-12-25-20)16-5-3-4-15(24)9-16/h3-12H,1-2H3,(H,25,26,28,30). The van der Waals surface area contributed by atoms with Crippen molar-refractivity contribution in [1.82, 2.24) is 34.3 Å². The van der Waals surface area contributed by atoms with Crippen LogP contribution in [-0.4, -0.2) is 34.3 Å². The molecule has 6 rings (SSSR count). The molecule has 0 spiro atoms. The van der Waals surface area contributed by atoms with Gasteiger partial charge in [-0.25, -0.2) is 19.2 Å². The van der Waals surface area contributed by atoms with Crippen LogP contribution in [0.1, 0.15) is 11.1 Å². The monoisotopic (exact) mass is 472 g/mol. The van der Waals surface area contributed by atoms with Gasteiger partial charge >= 0.3 is 0 Å². The summed E-state index contributed by atoms with van der Waals surface area (Å²) in [6.07, 6.45) is 3.21. The van der Waals surface area contributed by atoms with E-state index in [1.165, 1.54) is 17.5 Å². The average Bonchev–Trinajstić information content (AvgIpc) is 3.49. The van der Waals surface area contributed by atoms with Gasteiger partial charge in [0.1, 0.15) is 12.1 Å². The van der Waals surface area contributed by atoms with E-state index in [-0.39, 0.29) is 0 Å². The predicted molar refractivity (Wildman–Crippen MR) is 131 cm³/mol. The number of halogens is 1. The highest BCUT2D eigenvalue weighted by Crippen LogP contribution is 2.30. The van der Waals surface area contributed by atoms with Crippen LogP contribution in [0.2, 0.25) is 5.02 Å². The van der Waals surface area contributed by atoms with Crippen LogP contribution in [0.15, 0.2) is 60.4 Å². The number of aromatic nitrogens is 7. The molecule has 4 aromatic heterocycles. The largest absolute Gasteiger partial charge is 0.307 e. The third-order valence-corrected chi connectivity index (χ3v) is 6.44. The van der Waals surface area contributed by atoms with E-state index in [1.54, 1.807) is 22.2 Å². The van der Waals surface area contributed by atoms with Crippen LogP contribution in [0.5, 0.6) is 0 Å². The second kappa shape index (κ2) is 7.65. The van der Waals surface area contributed by atoms with Gasteiger partial charge in [-0.15, -0.1) is 16.4 Å². The smallest absolute Gasteiger partial charge is 0.249 e. The topological polar surface area (TPSA) is 85.8 Å². The summed E-state index contributed by atoms with van der Waals surface area (Å²) in [5.41, 5.74) is 6.05. The molecule has 1 N–H and O–H groups in total. The summed E-state index contributed by atoms with van der Waals surface area (Å²) in [5, 5.41) is 15.9. The van der Waals surface area contributed by atoms with E-state index in [9.17, 15) is 0 Å². The number of rotatable bonds is 4. The molecule has 0 radical (unpaired) electrons. The van der Waals surface area contributed by atoms with Gasteiger partial charge < -0.3 is 5.32 Å². The average molecular weight is 473 g/mol. The second-order valence-electron chi connectivity index (χ2n) is 7.69. The second-order valence-corrected chi connectivity index (χ2v) is 8.96. The van der Waals surface area contributed by atoms with Gasteiger partial charge in [-0.2, -0.15) is 10.1 Å². The fraction of sp³-hybridized carbons (Fsp3) is 0.0870. The molecule has 4 heterocycles. The molecule has 33 heavy (non-hydrogen) atoms. The molecule has 2 aromatic carbocycles. The van der Waals surface area contributed by atoms with E-state index in [2.05, 4.69) is 62.8 Å². The fourth-order valence-electron chi connectivity index (χ4n) is 3.87. The highest BCUT2D eigenvalue weighted by molar-refractivity contribution is 7.15. The molecule has 0 saturated heterocycles. The van der Waals surface area contributed by atoms with Crippen LogP contribution >= 0.6 is 22.9 Å². The highest BCUT2D eigenvalue weighted by atomic mass is 35.5. The lowest BCUT2D eigenvalue weighted by molar-refractivity contribution is 0.895. The van der Waals surface area contributed by atoms with E-state index >= 15 is 0 Å². The summed E-state index contributed by atoms with van der Waals surface area (Å²) in [6.45, 7) is 4.20. The molecule has 0 unspecified atom stereocenters. The first-order valence-electron chi connectivity index (χ1n) is 10.2. The summed E-state index contributed by atoms with van der Waals surface area (Å²) in [7, 11) is 0. The van der Waals surface area contributed by atoms with Gasteiger partial charge in [0.25, 0.3) is 0 Å². The Hall–Kier alpha value is -3.82. The van der Waals surface area contributed by atoms with Crippen LogP contribution in [0.25, 0.3) is 32.9 Å². The Morgan fingerprint density at radius 2 is 1.97 bits per heavy atom. The molecule has 0 fully saturated rings. The summed E-state index contributed by atoms with van der Waals surface area (Å²) < 4.78 is 3.59. The van der Waals surface area contributed by atoms with Gasteiger partial charge in [0.2, 0.25) is 10.9 Å². The Kier molecular flexibility index (Phi) is 4.60. The third-order valence-electron chi connectivity index (χ3n) is 5.39. The van der Waals surface area contributed by atoms with Crippen molar-refractivity contribution < 1.29 is 0 Å². The van der Waals surface area contributed by atoms with Crippen LogP contribution in [0.3, 0.4) is 0 Å². The molecular formula is C23H17ClN8S. The van der Waals surface area contributed by atoms with Gasteiger partial charge in [-0.3, -0.25) is 0 Å². The minimum atomic E-state index is 0.461. The first kappa shape index (κ1) is 19.8. The van der Waals surface area contributed by atoms with Crippen molar-refractivity contribution in [2.75, 3.05) is 5.32 Å². The molecule has 0 amide bonds. The number of aryl methyl sites for hydroxylation is 2. The van der Waals surface area contributed by atoms with Crippen molar-refractivity contribution in [3.8, 4) is 16.9 Å². The fourth-order valence-corrected chi connectivity index (χ4v) is 4.87. The number of nitrogens with one attached hydrogen (secondary N) is 1. The zero-order valence-electron chi connectivity index (χ0n) is 17.7. The number of thiazole rings is 1. The molecule has 6 aromatic rings. The maximum atomic E-state index is 6.15. The lowest BCUT2D eigenvalue weighted by atomic mass is 10.0. The molecular weight excluding hydrogens is 456 g/mol. The van der Waals surface area contributed by atoms with Crippen molar-refractivity contribution in [2.24, 2.45) is 0 Å². The van der Waals surface area contributed by atoms with Crippen molar-refractivity contribution in [3.63, 3.8) is 0 Å². The molecule has 0 aliphatic carbocycles.